The molecule has 1 unspecified atom stereocenters. The largest absolute Gasteiger partial charge is 0.371 e. The first-order valence-corrected chi connectivity index (χ1v) is 7.64. The van der Waals surface area contributed by atoms with Crippen molar-refractivity contribution >= 4 is 5.69 Å². The molecule has 0 fully saturated rings. The lowest BCUT2D eigenvalue weighted by atomic mass is 9.98. The number of fused-ring (bicyclic) bond motifs is 1. The standard InChI is InChI=1S/C17H28N2/c1-13(2)18-11-15(4)12-19-9-5-6-16-10-14(3)7-8-17(16)19/h7-8,10,13,15,18H,5-6,9,11-12H2,1-4H3. The molecule has 0 spiro atoms. The van der Waals surface area contributed by atoms with Crippen molar-refractivity contribution in [1.29, 1.82) is 0 Å². The van der Waals surface area contributed by atoms with Gasteiger partial charge in [-0.25, -0.2) is 0 Å². The zero-order valence-corrected chi connectivity index (χ0v) is 12.9. The number of hydrogen-bond donors (Lipinski definition) is 1. The molecule has 1 N–H and O–H groups in total. The number of nitrogens with zero attached hydrogens (tertiary/aromatic N) is 1. The molecule has 1 aliphatic rings. The Morgan fingerprint density at radius 3 is 2.79 bits per heavy atom. The molecule has 0 aliphatic carbocycles. The second-order valence-electron chi connectivity index (χ2n) is 6.35. The first kappa shape index (κ1) is 14.4. The van der Waals surface area contributed by atoms with Crippen molar-refractivity contribution in [1.82, 2.24) is 5.32 Å². The second kappa shape index (κ2) is 6.42. The van der Waals surface area contributed by atoms with E-state index in [4.69, 9.17) is 0 Å². The molecule has 1 aliphatic heterocycles. The number of benzene rings is 1. The van der Waals surface area contributed by atoms with E-state index in [2.05, 4.69) is 56.1 Å². The molecule has 2 rings (SSSR count). The number of aryl methyl sites for hydroxylation is 2. The highest BCUT2D eigenvalue weighted by atomic mass is 15.1. The Morgan fingerprint density at radius 2 is 2.05 bits per heavy atom. The van der Waals surface area contributed by atoms with Crippen molar-refractivity contribution in [2.45, 2.75) is 46.6 Å². The van der Waals surface area contributed by atoms with Crippen LogP contribution in [0.4, 0.5) is 5.69 Å². The maximum Gasteiger partial charge on any atom is 0.0399 e. The normalized spacial score (nSPS) is 16.6. The van der Waals surface area contributed by atoms with E-state index >= 15 is 0 Å². The van der Waals surface area contributed by atoms with Crippen LogP contribution in [0.3, 0.4) is 0 Å². The Labute approximate surface area is 118 Å². The van der Waals surface area contributed by atoms with Crippen LogP contribution in [-0.2, 0) is 6.42 Å². The van der Waals surface area contributed by atoms with Gasteiger partial charge in [0.05, 0.1) is 0 Å². The summed E-state index contributed by atoms with van der Waals surface area (Å²) in [4.78, 5) is 2.57. The van der Waals surface area contributed by atoms with Crippen LogP contribution in [0.25, 0.3) is 0 Å². The lowest BCUT2D eigenvalue weighted by Gasteiger charge is -2.34. The summed E-state index contributed by atoms with van der Waals surface area (Å²) < 4.78 is 0. The molecule has 1 aromatic carbocycles. The van der Waals surface area contributed by atoms with Crippen molar-refractivity contribution in [3.05, 3.63) is 29.3 Å². The minimum absolute atomic E-state index is 0.582. The third-order valence-electron chi connectivity index (χ3n) is 3.86. The van der Waals surface area contributed by atoms with E-state index in [1.54, 1.807) is 0 Å². The predicted molar refractivity (Wildman–Crippen MR) is 84.0 cm³/mol. The van der Waals surface area contributed by atoms with Crippen molar-refractivity contribution in [3.8, 4) is 0 Å². The third kappa shape index (κ3) is 3.97. The molecule has 0 radical (unpaired) electrons. The number of rotatable bonds is 5. The van der Waals surface area contributed by atoms with Crippen molar-refractivity contribution in [2.75, 3.05) is 24.5 Å². The summed E-state index contributed by atoms with van der Waals surface area (Å²) in [6.07, 6.45) is 2.53. The minimum atomic E-state index is 0.582. The summed E-state index contributed by atoms with van der Waals surface area (Å²) in [6, 6.07) is 7.50. The molecule has 2 heteroatoms. The Balaban J connectivity index is 1.99. The van der Waals surface area contributed by atoms with Crippen LogP contribution in [0.5, 0.6) is 0 Å². The van der Waals surface area contributed by atoms with E-state index in [1.807, 2.05) is 0 Å². The molecular weight excluding hydrogens is 232 g/mol. The van der Waals surface area contributed by atoms with Crippen LogP contribution in [0, 0.1) is 12.8 Å². The average Bonchev–Trinajstić information content (AvgIpc) is 2.36. The fourth-order valence-electron chi connectivity index (χ4n) is 2.87. The Morgan fingerprint density at radius 1 is 1.26 bits per heavy atom. The zero-order chi connectivity index (χ0) is 13.8. The molecule has 19 heavy (non-hydrogen) atoms. The summed E-state index contributed by atoms with van der Waals surface area (Å²) in [5.74, 6) is 0.689. The highest BCUT2D eigenvalue weighted by Crippen LogP contribution is 2.28. The first-order valence-electron chi connectivity index (χ1n) is 7.64. The smallest absolute Gasteiger partial charge is 0.0399 e. The molecule has 106 valence electrons. The molecule has 0 amide bonds. The second-order valence-corrected chi connectivity index (χ2v) is 6.35. The monoisotopic (exact) mass is 260 g/mol. The van der Waals surface area contributed by atoms with Gasteiger partial charge < -0.3 is 10.2 Å². The predicted octanol–water partition coefficient (Wildman–Crippen LogP) is 3.38. The Hall–Kier alpha value is -1.02. The Kier molecular flexibility index (Phi) is 4.87. The summed E-state index contributed by atoms with van der Waals surface area (Å²) >= 11 is 0. The SMILES string of the molecule is Cc1ccc2c(c1)CCCN2CC(C)CNC(C)C. The van der Waals surface area contributed by atoms with Crippen molar-refractivity contribution < 1.29 is 0 Å². The van der Waals surface area contributed by atoms with Crippen molar-refractivity contribution in [3.63, 3.8) is 0 Å². The van der Waals surface area contributed by atoms with E-state index in [9.17, 15) is 0 Å². The van der Waals surface area contributed by atoms with Gasteiger partial charge in [0, 0.05) is 24.8 Å². The van der Waals surface area contributed by atoms with Gasteiger partial charge in [-0.1, -0.05) is 38.5 Å². The highest BCUT2D eigenvalue weighted by molar-refractivity contribution is 5.56. The van der Waals surface area contributed by atoms with Gasteiger partial charge in [-0.05, 0) is 43.9 Å². The quantitative estimate of drug-likeness (QED) is 0.873. The van der Waals surface area contributed by atoms with Crippen LogP contribution in [0.2, 0.25) is 0 Å². The summed E-state index contributed by atoms with van der Waals surface area (Å²) in [6.45, 7) is 12.4. The van der Waals surface area contributed by atoms with Crippen LogP contribution >= 0.6 is 0 Å². The fraction of sp³-hybridized carbons (Fsp3) is 0.647. The Bertz CT molecular complexity index is 412. The summed E-state index contributed by atoms with van der Waals surface area (Å²) in [7, 11) is 0. The van der Waals surface area contributed by atoms with Gasteiger partial charge in [0.2, 0.25) is 0 Å². The molecule has 1 heterocycles. The van der Waals surface area contributed by atoms with Crippen LogP contribution < -0.4 is 10.2 Å². The molecular formula is C17H28N2. The van der Waals surface area contributed by atoms with E-state index in [-0.39, 0.29) is 0 Å². The molecule has 1 atom stereocenters. The third-order valence-corrected chi connectivity index (χ3v) is 3.86. The molecule has 0 aromatic heterocycles. The summed E-state index contributed by atoms with van der Waals surface area (Å²) in [5.41, 5.74) is 4.39. The molecule has 1 aromatic rings. The van der Waals surface area contributed by atoms with Gasteiger partial charge in [0.25, 0.3) is 0 Å². The van der Waals surface area contributed by atoms with E-state index in [0.717, 1.165) is 13.1 Å². The first-order chi connectivity index (χ1) is 9.06. The van der Waals surface area contributed by atoms with Gasteiger partial charge in [-0.15, -0.1) is 0 Å². The maximum atomic E-state index is 3.54. The number of nitrogens with one attached hydrogen (secondary N) is 1. The lowest BCUT2D eigenvalue weighted by Crippen LogP contribution is -2.38. The minimum Gasteiger partial charge on any atom is -0.371 e. The van der Waals surface area contributed by atoms with Crippen LogP contribution in [0.15, 0.2) is 18.2 Å². The number of anilines is 1. The van der Waals surface area contributed by atoms with E-state index in [1.165, 1.54) is 36.2 Å². The molecule has 0 saturated heterocycles. The van der Waals surface area contributed by atoms with Gasteiger partial charge in [-0.3, -0.25) is 0 Å². The van der Waals surface area contributed by atoms with Crippen LogP contribution in [0.1, 0.15) is 38.3 Å². The molecule has 0 bridgehead atoms. The topological polar surface area (TPSA) is 15.3 Å². The van der Waals surface area contributed by atoms with E-state index < -0.39 is 0 Å². The van der Waals surface area contributed by atoms with E-state index in [0.29, 0.717) is 12.0 Å². The molecule has 0 saturated carbocycles. The van der Waals surface area contributed by atoms with Crippen molar-refractivity contribution in [2.24, 2.45) is 5.92 Å². The average molecular weight is 260 g/mol. The number of hydrogen-bond acceptors (Lipinski definition) is 2. The molecule has 2 nitrogen and oxygen atoms in total. The van der Waals surface area contributed by atoms with Gasteiger partial charge in [0.1, 0.15) is 0 Å². The maximum absolute atomic E-state index is 3.54. The highest BCUT2D eigenvalue weighted by Gasteiger charge is 2.18. The van der Waals surface area contributed by atoms with Gasteiger partial charge >= 0.3 is 0 Å². The zero-order valence-electron chi connectivity index (χ0n) is 12.9. The van der Waals surface area contributed by atoms with Crippen LogP contribution in [-0.4, -0.2) is 25.7 Å². The summed E-state index contributed by atoms with van der Waals surface area (Å²) in [5, 5.41) is 3.54. The fourth-order valence-corrected chi connectivity index (χ4v) is 2.87. The van der Waals surface area contributed by atoms with Gasteiger partial charge in [-0.2, -0.15) is 0 Å². The lowest BCUT2D eigenvalue weighted by molar-refractivity contribution is 0.467. The van der Waals surface area contributed by atoms with Gasteiger partial charge in [0.15, 0.2) is 0 Å².